The highest BCUT2D eigenvalue weighted by atomic mass is 32.2. The lowest BCUT2D eigenvalue weighted by Crippen LogP contribution is -2.17. The molecule has 1 rings (SSSR count). The number of thioether (sulfide) groups is 1. The summed E-state index contributed by atoms with van der Waals surface area (Å²) in [6.45, 7) is 6.42. The van der Waals surface area contributed by atoms with Gasteiger partial charge in [-0.3, -0.25) is 0 Å². The molecule has 0 aliphatic heterocycles. The normalized spacial score (nSPS) is 11.6. The summed E-state index contributed by atoms with van der Waals surface area (Å²) in [5.41, 5.74) is -0.0681. The van der Waals surface area contributed by atoms with Crippen molar-refractivity contribution in [3.63, 3.8) is 0 Å². The maximum Gasteiger partial charge on any atom is 0.137 e. The maximum absolute atomic E-state index is 8.80. The van der Waals surface area contributed by atoms with Crippen LogP contribution in [0.2, 0.25) is 0 Å². The molecule has 0 aromatic carbocycles. The van der Waals surface area contributed by atoms with Crippen molar-refractivity contribution < 1.29 is 5.11 Å². The fraction of sp³-hybridized carbons (Fsp3) is 0.636. The highest BCUT2D eigenvalue weighted by Crippen LogP contribution is 2.24. The minimum absolute atomic E-state index is 0.0681. The Morgan fingerprint density at radius 1 is 1.38 bits per heavy atom. The van der Waals surface area contributed by atoms with E-state index in [1.807, 2.05) is 13.1 Å². The highest BCUT2D eigenvalue weighted by molar-refractivity contribution is 7.99. The predicted molar refractivity (Wildman–Crippen MR) is 68.1 cm³/mol. The summed E-state index contributed by atoms with van der Waals surface area (Å²) >= 11 is 1.54. The number of anilines is 1. The minimum Gasteiger partial charge on any atom is -0.396 e. The molecule has 1 heterocycles. The Hall–Kier alpha value is -0.810. The Balaban J connectivity index is 3.01. The van der Waals surface area contributed by atoms with Crippen LogP contribution in [0.4, 0.5) is 5.82 Å². The van der Waals surface area contributed by atoms with E-state index in [0.717, 1.165) is 16.7 Å². The Kier molecular flexibility index (Phi) is 4.56. The van der Waals surface area contributed by atoms with Gasteiger partial charge in [-0.1, -0.05) is 20.8 Å². The van der Waals surface area contributed by atoms with Crippen molar-refractivity contribution in [1.29, 1.82) is 0 Å². The smallest absolute Gasteiger partial charge is 0.137 e. The topological polar surface area (TPSA) is 58.0 Å². The molecular weight excluding hydrogens is 222 g/mol. The van der Waals surface area contributed by atoms with Crippen LogP contribution >= 0.6 is 11.8 Å². The van der Waals surface area contributed by atoms with Gasteiger partial charge in [0, 0.05) is 24.3 Å². The summed E-state index contributed by atoms with van der Waals surface area (Å²) in [6, 6.07) is 1.90. The maximum atomic E-state index is 8.80. The number of aromatic nitrogens is 2. The fourth-order valence-corrected chi connectivity index (χ4v) is 1.76. The van der Waals surface area contributed by atoms with Crippen molar-refractivity contribution in [2.24, 2.45) is 0 Å². The lowest BCUT2D eigenvalue weighted by atomic mass is 9.96. The number of rotatable bonds is 4. The summed E-state index contributed by atoms with van der Waals surface area (Å²) in [6.07, 6.45) is 0. The summed E-state index contributed by atoms with van der Waals surface area (Å²) in [4.78, 5) is 8.92. The largest absolute Gasteiger partial charge is 0.396 e. The number of hydrogen-bond acceptors (Lipinski definition) is 5. The second-order valence-corrected chi connectivity index (χ2v) is 5.60. The molecule has 2 N–H and O–H groups in total. The molecule has 0 atom stereocenters. The fourth-order valence-electron chi connectivity index (χ4n) is 1.11. The second kappa shape index (κ2) is 5.50. The van der Waals surface area contributed by atoms with Gasteiger partial charge in [0.1, 0.15) is 16.7 Å². The molecule has 0 bridgehead atoms. The second-order valence-electron chi connectivity index (χ2n) is 4.49. The first-order valence-electron chi connectivity index (χ1n) is 5.28. The van der Waals surface area contributed by atoms with E-state index < -0.39 is 0 Å². The molecule has 5 heteroatoms. The van der Waals surface area contributed by atoms with E-state index in [0.29, 0.717) is 5.75 Å². The first-order chi connectivity index (χ1) is 7.47. The summed E-state index contributed by atoms with van der Waals surface area (Å²) < 4.78 is 0. The quantitative estimate of drug-likeness (QED) is 0.623. The van der Waals surface area contributed by atoms with E-state index >= 15 is 0 Å². The van der Waals surface area contributed by atoms with Crippen LogP contribution in [0, 0.1) is 0 Å². The number of aliphatic hydroxyl groups is 1. The van der Waals surface area contributed by atoms with Gasteiger partial charge in [-0.25, -0.2) is 9.97 Å². The lowest BCUT2D eigenvalue weighted by Gasteiger charge is -2.18. The Labute approximate surface area is 101 Å². The average Bonchev–Trinajstić information content (AvgIpc) is 2.24. The molecule has 16 heavy (non-hydrogen) atoms. The van der Waals surface area contributed by atoms with Gasteiger partial charge in [0.25, 0.3) is 0 Å². The van der Waals surface area contributed by atoms with Crippen LogP contribution in [-0.2, 0) is 5.41 Å². The van der Waals surface area contributed by atoms with E-state index in [4.69, 9.17) is 5.11 Å². The number of nitrogens with one attached hydrogen (secondary N) is 1. The molecule has 0 fully saturated rings. The van der Waals surface area contributed by atoms with Crippen molar-refractivity contribution in [2.75, 3.05) is 24.7 Å². The molecule has 4 nitrogen and oxygen atoms in total. The van der Waals surface area contributed by atoms with Gasteiger partial charge in [-0.05, 0) is 0 Å². The van der Waals surface area contributed by atoms with Crippen molar-refractivity contribution in [2.45, 2.75) is 31.2 Å². The van der Waals surface area contributed by atoms with Crippen LogP contribution in [0.5, 0.6) is 0 Å². The van der Waals surface area contributed by atoms with E-state index in [2.05, 4.69) is 36.1 Å². The van der Waals surface area contributed by atoms with E-state index in [9.17, 15) is 0 Å². The first kappa shape index (κ1) is 13.3. The SMILES string of the molecule is CNc1cc(SCCO)nc(C(C)(C)C)n1. The van der Waals surface area contributed by atoms with Gasteiger partial charge in [-0.15, -0.1) is 11.8 Å². The predicted octanol–water partition coefficient (Wildman–Crippen LogP) is 1.90. The number of hydrogen-bond donors (Lipinski definition) is 2. The van der Waals surface area contributed by atoms with Crippen LogP contribution in [0.1, 0.15) is 26.6 Å². The molecule has 0 unspecified atom stereocenters. The van der Waals surface area contributed by atoms with E-state index in [1.54, 1.807) is 0 Å². The van der Waals surface area contributed by atoms with Gasteiger partial charge in [0.15, 0.2) is 0 Å². The van der Waals surface area contributed by atoms with Crippen molar-refractivity contribution in [3.05, 3.63) is 11.9 Å². The van der Waals surface area contributed by atoms with Crippen LogP contribution in [0.3, 0.4) is 0 Å². The standard InChI is InChI=1S/C11H19N3OS/c1-11(2,3)10-13-8(12-4)7-9(14-10)16-6-5-15/h7,15H,5-6H2,1-4H3,(H,12,13,14). The zero-order chi connectivity index (χ0) is 12.2. The molecule has 0 saturated carbocycles. The Bertz CT molecular complexity index is 350. The molecule has 1 aromatic heterocycles. The van der Waals surface area contributed by atoms with E-state index in [-0.39, 0.29) is 12.0 Å². The Morgan fingerprint density at radius 3 is 2.56 bits per heavy atom. The van der Waals surface area contributed by atoms with Crippen molar-refractivity contribution in [3.8, 4) is 0 Å². The first-order valence-corrected chi connectivity index (χ1v) is 6.27. The third kappa shape index (κ3) is 3.64. The Morgan fingerprint density at radius 2 is 2.06 bits per heavy atom. The van der Waals surface area contributed by atoms with Crippen LogP contribution < -0.4 is 5.32 Å². The molecule has 0 amide bonds. The van der Waals surface area contributed by atoms with E-state index in [1.165, 1.54) is 11.8 Å². The van der Waals surface area contributed by atoms with Gasteiger partial charge in [-0.2, -0.15) is 0 Å². The number of nitrogens with zero attached hydrogens (tertiary/aromatic N) is 2. The third-order valence-corrected chi connectivity index (χ3v) is 2.86. The van der Waals surface area contributed by atoms with Crippen molar-refractivity contribution >= 4 is 17.6 Å². The summed E-state index contributed by atoms with van der Waals surface area (Å²) in [5, 5.41) is 12.7. The highest BCUT2D eigenvalue weighted by Gasteiger charge is 2.18. The van der Waals surface area contributed by atoms with Gasteiger partial charge < -0.3 is 10.4 Å². The van der Waals surface area contributed by atoms with Gasteiger partial charge >= 0.3 is 0 Å². The zero-order valence-corrected chi connectivity index (χ0v) is 11.1. The lowest BCUT2D eigenvalue weighted by molar-refractivity contribution is 0.322. The van der Waals surface area contributed by atoms with Crippen LogP contribution in [0.15, 0.2) is 11.1 Å². The summed E-state index contributed by atoms with van der Waals surface area (Å²) in [7, 11) is 1.84. The van der Waals surface area contributed by atoms with Crippen LogP contribution in [-0.4, -0.2) is 34.5 Å². The zero-order valence-electron chi connectivity index (χ0n) is 10.2. The minimum atomic E-state index is -0.0681. The van der Waals surface area contributed by atoms with Gasteiger partial charge in [0.05, 0.1) is 6.61 Å². The molecule has 90 valence electrons. The number of aliphatic hydroxyl groups excluding tert-OH is 1. The molecule has 1 aromatic rings. The van der Waals surface area contributed by atoms with Crippen molar-refractivity contribution in [1.82, 2.24) is 9.97 Å². The molecule has 0 spiro atoms. The molecular formula is C11H19N3OS. The summed E-state index contributed by atoms with van der Waals surface area (Å²) in [5.74, 6) is 2.30. The monoisotopic (exact) mass is 241 g/mol. The average molecular weight is 241 g/mol. The molecule has 0 aliphatic rings. The van der Waals surface area contributed by atoms with Crippen LogP contribution in [0.25, 0.3) is 0 Å². The molecule has 0 aliphatic carbocycles. The van der Waals surface area contributed by atoms with Gasteiger partial charge in [0.2, 0.25) is 0 Å². The molecule has 0 saturated heterocycles. The molecule has 0 radical (unpaired) electrons. The third-order valence-electron chi connectivity index (χ3n) is 1.97.